The number of benzene rings is 4. The molecular weight excluding hydrogens is 522 g/mol. The molecule has 4 aromatic rings. The van der Waals surface area contributed by atoms with Crippen molar-refractivity contribution in [3.8, 4) is 0 Å². The van der Waals surface area contributed by atoms with Crippen molar-refractivity contribution in [2.75, 3.05) is 10.0 Å². The van der Waals surface area contributed by atoms with Crippen molar-refractivity contribution < 1.29 is 9.72 Å². The van der Waals surface area contributed by atoms with Crippen LogP contribution in [-0.4, -0.2) is 21.5 Å². The normalized spacial score (nSPS) is 17.9. The van der Waals surface area contributed by atoms with E-state index < -0.39 is 9.92 Å². The second-order valence-electron chi connectivity index (χ2n) is 9.42. The molecule has 0 amide bonds. The minimum Gasteiger partial charge on any atom is -0.292 e. The van der Waals surface area contributed by atoms with E-state index in [9.17, 15) is 14.9 Å². The van der Waals surface area contributed by atoms with Gasteiger partial charge < -0.3 is 0 Å². The summed E-state index contributed by atoms with van der Waals surface area (Å²) in [5.74, 6) is -0.235. The van der Waals surface area contributed by atoms with E-state index in [1.165, 1.54) is 30.3 Å². The van der Waals surface area contributed by atoms with Gasteiger partial charge in [-0.15, -0.1) is 0 Å². The van der Waals surface area contributed by atoms with Gasteiger partial charge in [0.25, 0.3) is 5.69 Å². The second-order valence-corrected chi connectivity index (χ2v) is 10.6. The lowest BCUT2D eigenvalue weighted by molar-refractivity contribution is -0.384. The van der Waals surface area contributed by atoms with Crippen LogP contribution in [0.3, 0.4) is 0 Å². The zero-order valence-electron chi connectivity index (χ0n) is 21.9. The summed E-state index contributed by atoms with van der Waals surface area (Å²) < 4.78 is 0. The molecule has 0 fully saturated rings. The number of nitrogens with zero attached hydrogens (tertiary/aromatic N) is 5. The topological polar surface area (TPSA) is 91.4 Å². The fraction of sp³-hybridized carbons (Fsp3) is 0.129. The Hall–Kier alpha value is -4.76. The first kappa shape index (κ1) is 25.5. The van der Waals surface area contributed by atoms with Gasteiger partial charge in [-0.2, -0.15) is 10.2 Å². The molecule has 0 saturated heterocycles. The maximum atomic E-state index is 12.8. The highest BCUT2D eigenvalue weighted by atomic mass is 32.2. The number of fused-ring (bicyclic) bond motifs is 2. The molecule has 8 nitrogen and oxygen atoms in total. The molecule has 198 valence electrons. The Labute approximate surface area is 235 Å². The fourth-order valence-corrected chi connectivity index (χ4v) is 6.32. The second kappa shape index (κ2) is 10.1. The summed E-state index contributed by atoms with van der Waals surface area (Å²) in [4.78, 5) is 23.3. The van der Waals surface area contributed by atoms with Gasteiger partial charge in [0.15, 0.2) is 10.8 Å². The smallest absolute Gasteiger partial charge is 0.292 e. The van der Waals surface area contributed by atoms with Gasteiger partial charge in [0.1, 0.15) is 5.69 Å². The quantitative estimate of drug-likeness (QED) is 0.197. The minimum absolute atomic E-state index is 0.119. The fourth-order valence-electron chi connectivity index (χ4n) is 5.04. The van der Waals surface area contributed by atoms with Gasteiger partial charge in [0.05, 0.1) is 16.3 Å². The molecule has 40 heavy (non-hydrogen) atoms. The predicted octanol–water partition coefficient (Wildman–Crippen LogP) is 6.70. The van der Waals surface area contributed by atoms with Crippen molar-refractivity contribution in [1.29, 1.82) is 0 Å². The third kappa shape index (κ3) is 4.06. The molecule has 0 aliphatic carbocycles. The number of anilines is 2. The van der Waals surface area contributed by atoms with Crippen LogP contribution in [-0.2, 0) is 16.2 Å². The molecule has 2 aliphatic heterocycles. The Morgan fingerprint density at radius 2 is 1.55 bits per heavy atom. The standard InChI is InChI=1S/C31H25N5O3S/c1-3-22-17-19-23(20-18-22)29-25-13-7-8-14-26(25)31(34(32-29)24-11-5-4-6-12-24)35(33-30(40-31)21(2)37)27-15-9-10-16-28(27)36(38)39/h4-20H,3H2,1-2H3/t31-/m0/s1. The average Bonchev–Trinajstić information content (AvgIpc) is 3.39. The van der Waals surface area contributed by atoms with Gasteiger partial charge in [-0.25, -0.2) is 10.0 Å². The number of rotatable bonds is 6. The number of carbonyl (C=O) groups excluding carboxylic acids is 1. The van der Waals surface area contributed by atoms with Crippen LogP contribution >= 0.6 is 11.8 Å². The molecule has 4 aromatic carbocycles. The SMILES string of the molecule is CCc1ccc(C2=NN(c3ccccc3)[C@@]3(SC(C(C)=O)=NN3c3ccccc3[N+](=O)[O-])c3ccccc32)cc1. The summed E-state index contributed by atoms with van der Waals surface area (Å²) in [6.45, 7) is 3.57. The number of nitro groups is 1. The van der Waals surface area contributed by atoms with Crippen LogP contribution in [0.15, 0.2) is 113 Å². The summed E-state index contributed by atoms with van der Waals surface area (Å²) in [6, 6.07) is 32.2. The highest BCUT2D eigenvalue weighted by Gasteiger charge is 2.56. The molecule has 2 aliphatic rings. The Morgan fingerprint density at radius 1 is 0.875 bits per heavy atom. The van der Waals surface area contributed by atoms with Crippen LogP contribution in [0, 0.1) is 10.1 Å². The summed E-state index contributed by atoms with van der Waals surface area (Å²) in [7, 11) is 0. The number of thioether (sulfide) groups is 1. The van der Waals surface area contributed by atoms with Gasteiger partial charge in [0.2, 0.25) is 4.99 Å². The first-order valence-corrected chi connectivity index (χ1v) is 13.7. The van der Waals surface area contributed by atoms with Crippen molar-refractivity contribution in [2.45, 2.75) is 25.3 Å². The molecular formula is C31H25N5O3S. The zero-order chi connectivity index (χ0) is 27.9. The number of carbonyl (C=O) groups is 1. The third-order valence-corrected chi connectivity index (χ3v) is 8.39. The number of hydrogen-bond acceptors (Lipinski definition) is 8. The molecule has 0 unspecified atom stereocenters. The number of aryl methyl sites for hydroxylation is 1. The summed E-state index contributed by atoms with van der Waals surface area (Å²) in [6.07, 6.45) is 0.926. The van der Waals surface area contributed by atoms with Crippen LogP contribution in [0.4, 0.5) is 17.1 Å². The van der Waals surface area contributed by atoms with Crippen molar-refractivity contribution in [1.82, 2.24) is 0 Å². The Morgan fingerprint density at radius 3 is 2.25 bits per heavy atom. The number of hydrazone groups is 2. The van der Waals surface area contributed by atoms with Gasteiger partial charge in [-0.3, -0.25) is 14.9 Å². The van der Waals surface area contributed by atoms with E-state index in [1.807, 2.05) is 59.6 Å². The Balaban J connectivity index is 1.67. The van der Waals surface area contributed by atoms with Crippen molar-refractivity contribution in [2.24, 2.45) is 10.2 Å². The molecule has 0 radical (unpaired) electrons. The van der Waals surface area contributed by atoms with Crippen LogP contribution in [0.5, 0.6) is 0 Å². The van der Waals surface area contributed by atoms with E-state index in [0.717, 1.165) is 34.5 Å². The number of hydrogen-bond donors (Lipinski definition) is 0. The van der Waals surface area contributed by atoms with Crippen LogP contribution in [0.1, 0.15) is 36.1 Å². The third-order valence-electron chi connectivity index (χ3n) is 6.98. The number of nitro benzene ring substituents is 1. The summed E-state index contributed by atoms with van der Waals surface area (Å²) in [5.41, 5.74) is 5.47. The van der Waals surface area contributed by atoms with Crippen molar-refractivity contribution >= 4 is 45.4 Å². The number of para-hydroxylation sites is 3. The van der Waals surface area contributed by atoms with E-state index in [1.54, 1.807) is 23.2 Å². The van der Waals surface area contributed by atoms with E-state index in [-0.39, 0.29) is 22.2 Å². The lowest BCUT2D eigenvalue weighted by Gasteiger charge is -2.46. The molecule has 0 N–H and O–H groups in total. The van der Waals surface area contributed by atoms with Crippen molar-refractivity contribution in [3.05, 3.63) is 135 Å². The number of ketones is 1. The maximum absolute atomic E-state index is 12.8. The van der Waals surface area contributed by atoms with E-state index >= 15 is 0 Å². The van der Waals surface area contributed by atoms with Crippen molar-refractivity contribution in [3.63, 3.8) is 0 Å². The Kier molecular flexibility index (Phi) is 6.43. The van der Waals surface area contributed by atoms with E-state index in [2.05, 4.69) is 31.2 Å². The molecule has 0 aromatic heterocycles. The molecule has 6 rings (SSSR count). The monoisotopic (exact) mass is 547 g/mol. The molecule has 9 heteroatoms. The first-order chi connectivity index (χ1) is 19.4. The molecule has 0 bridgehead atoms. The molecule has 1 spiro atoms. The van der Waals surface area contributed by atoms with Gasteiger partial charge >= 0.3 is 0 Å². The van der Waals surface area contributed by atoms with E-state index in [4.69, 9.17) is 10.2 Å². The number of Topliss-reactive ketones (excluding diaryl/α,β-unsaturated/α-hetero) is 1. The highest BCUT2D eigenvalue weighted by molar-refractivity contribution is 8.17. The summed E-state index contributed by atoms with van der Waals surface area (Å²) >= 11 is 1.24. The van der Waals surface area contributed by atoms with Gasteiger partial charge in [0, 0.05) is 29.7 Å². The highest BCUT2D eigenvalue weighted by Crippen LogP contribution is 2.56. The maximum Gasteiger partial charge on any atom is 0.294 e. The lowest BCUT2D eigenvalue weighted by Crippen LogP contribution is -2.54. The first-order valence-electron chi connectivity index (χ1n) is 12.9. The van der Waals surface area contributed by atoms with Crippen LogP contribution in [0.25, 0.3) is 0 Å². The molecule has 2 heterocycles. The molecule has 0 saturated carbocycles. The Bertz CT molecular complexity index is 1690. The van der Waals surface area contributed by atoms with Gasteiger partial charge in [-0.05, 0) is 41.9 Å². The predicted molar refractivity (Wildman–Crippen MR) is 160 cm³/mol. The zero-order valence-corrected chi connectivity index (χ0v) is 22.7. The van der Waals surface area contributed by atoms with Gasteiger partial charge in [-0.1, -0.05) is 85.8 Å². The average molecular weight is 548 g/mol. The van der Waals surface area contributed by atoms with Crippen LogP contribution in [0.2, 0.25) is 0 Å². The van der Waals surface area contributed by atoms with Crippen LogP contribution < -0.4 is 10.0 Å². The van der Waals surface area contributed by atoms with E-state index in [0.29, 0.717) is 0 Å². The molecule has 1 atom stereocenters. The summed E-state index contributed by atoms with van der Waals surface area (Å²) in [5, 5.41) is 25.8. The minimum atomic E-state index is -1.25. The largest absolute Gasteiger partial charge is 0.294 e. The lowest BCUT2D eigenvalue weighted by atomic mass is 9.92.